The SMILES string of the molecule is C=CCCOC1CCC(C2CCC(OCCCCCCC)CC2)CC1. The van der Waals surface area contributed by atoms with E-state index in [0.717, 1.165) is 31.5 Å². The number of hydrogen-bond donors (Lipinski definition) is 0. The summed E-state index contributed by atoms with van der Waals surface area (Å²) in [5.41, 5.74) is 0. The van der Waals surface area contributed by atoms with E-state index >= 15 is 0 Å². The Balaban J connectivity index is 1.51. The third-order valence-electron chi connectivity index (χ3n) is 6.38. The van der Waals surface area contributed by atoms with Crippen LogP contribution in [0.15, 0.2) is 12.7 Å². The molecule has 0 unspecified atom stereocenters. The van der Waals surface area contributed by atoms with Gasteiger partial charge in [-0.15, -0.1) is 6.58 Å². The molecule has 2 nitrogen and oxygen atoms in total. The lowest BCUT2D eigenvalue weighted by Crippen LogP contribution is -2.30. The Labute approximate surface area is 156 Å². The van der Waals surface area contributed by atoms with Gasteiger partial charge >= 0.3 is 0 Å². The van der Waals surface area contributed by atoms with Gasteiger partial charge in [-0.05, 0) is 76.0 Å². The maximum Gasteiger partial charge on any atom is 0.0575 e. The molecule has 0 saturated heterocycles. The van der Waals surface area contributed by atoms with Gasteiger partial charge in [0.2, 0.25) is 0 Å². The van der Waals surface area contributed by atoms with Gasteiger partial charge in [-0.1, -0.05) is 38.7 Å². The Bertz CT molecular complexity index is 325. The zero-order valence-corrected chi connectivity index (χ0v) is 16.7. The largest absolute Gasteiger partial charge is 0.378 e. The molecule has 146 valence electrons. The summed E-state index contributed by atoms with van der Waals surface area (Å²) in [6.45, 7) is 7.90. The molecule has 0 spiro atoms. The maximum atomic E-state index is 6.14. The molecule has 25 heavy (non-hydrogen) atoms. The molecule has 0 aliphatic heterocycles. The summed E-state index contributed by atoms with van der Waals surface area (Å²) in [4.78, 5) is 0. The van der Waals surface area contributed by atoms with Gasteiger partial charge < -0.3 is 9.47 Å². The molecule has 2 aliphatic carbocycles. The zero-order valence-electron chi connectivity index (χ0n) is 16.7. The molecule has 0 amide bonds. The number of unbranched alkanes of at least 4 members (excludes halogenated alkanes) is 4. The summed E-state index contributed by atoms with van der Waals surface area (Å²) >= 11 is 0. The fourth-order valence-electron chi connectivity index (χ4n) is 4.73. The fourth-order valence-corrected chi connectivity index (χ4v) is 4.73. The second-order valence-electron chi connectivity index (χ2n) is 8.31. The fraction of sp³-hybridized carbons (Fsp3) is 0.913. The highest BCUT2D eigenvalue weighted by molar-refractivity contribution is 4.82. The van der Waals surface area contributed by atoms with Crippen LogP contribution in [0.25, 0.3) is 0 Å². The van der Waals surface area contributed by atoms with Crippen molar-refractivity contribution in [1.29, 1.82) is 0 Å². The Kier molecular flexibility index (Phi) is 10.8. The molecule has 0 atom stereocenters. The van der Waals surface area contributed by atoms with Crippen molar-refractivity contribution in [3.05, 3.63) is 12.7 Å². The van der Waals surface area contributed by atoms with Crippen molar-refractivity contribution in [2.45, 2.75) is 109 Å². The van der Waals surface area contributed by atoms with Crippen molar-refractivity contribution < 1.29 is 9.47 Å². The van der Waals surface area contributed by atoms with Crippen molar-refractivity contribution in [3.8, 4) is 0 Å². The van der Waals surface area contributed by atoms with Gasteiger partial charge in [0.25, 0.3) is 0 Å². The predicted octanol–water partition coefficient (Wildman–Crippen LogP) is 6.68. The van der Waals surface area contributed by atoms with Gasteiger partial charge in [0, 0.05) is 6.61 Å². The highest BCUT2D eigenvalue weighted by Crippen LogP contribution is 2.39. The summed E-state index contributed by atoms with van der Waals surface area (Å²) in [5, 5.41) is 0. The smallest absolute Gasteiger partial charge is 0.0575 e. The summed E-state index contributed by atoms with van der Waals surface area (Å²) in [6.07, 6.45) is 21.4. The van der Waals surface area contributed by atoms with Crippen LogP contribution in [0.3, 0.4) is 0 Å². The van der Waals surface area contributed by atoms with E-state index in [4.69, 9.17) is 9.47 Å². The second-order valence-corrected chi connectivity index (χ2v) is 8.31. The van der Waals surface area contributed by atoms with Crippen molar-refractivity contribution >= 4 is 0 Å². The standard InChI is InChI=1S/C23H42O2/c1-3-5-7-8-9-19-25-23-16-12-21(13-17-23)20-10-14-22(15-11-20)24-18-6-4-2/h4,20-23H,2-3,5-19H2,1H3. The van der Waals surface area contributed by atoms with Crippen LogP contribution in [0.4, 0.5) is 0 Å². The first-order chi connectivity index (χ1) is 12.3. The molecule has 0 aromatic rings. The predicted molar refractivity (Wildman–Crippen MR) is 107 cm³/mol. The number of ether oxygens (including phenoxy) is 2. The Hall–Kier alpha value is -0.340. The first-order valence-electron chi connectivity index (χ1n) is 11.2. The minimum absolute atomic E-state index is 0.517. The molecular formula is C23H42O2. The summed E-state index contributed by atoms with van der Waals surface area (Å²) < 4.78 is 12.1. The van der Waals surface area contributed by atoms with Crippen molar-refractivity contribution in [3.63, 3.8) is 0 Å². The van der Waals surface area contributed by atoms with E-state index in [9.17, 15) is 0 Å². The Morgan fingerprint density at radius 1 is 0.720 bits per heavy atom. The van der Waals surface area contributed by atoms with Crippen LogP contribution < -0.4 is 0 Å². The van der Waals surface area contributed by atoms with Crippen molar-refractivity contribution in [1.82, 2.24) is 0 Å². The van der Waals surface area contributed by atoms with Crippen molar-refractivity contribution in [2.24, 2.45) is 11.8 Å². The van der Waals surface area contributed by atoms with E-state index in [1.54, 1.807) is 0 Å². The first-order valence-corrected chi connectivity index (χ1v) is 11.2. The molecule has 0 aromatic heterocycles. The normalized spacial score (nSPS) is 30.3. The summed E-state index contributed by atoms with van der Waals surface area (Å²) in [7, 11) is 0. The maximum absolute atomic E-state index is 6.14. The summed E-state index contributed by atoms with van der Waals surface area (Å²) in [6, 6.07) is 0. The first kappa shape index (κ1) is 21.0. The van der Waals surface area contributed by atoms with Crippen LogP contribution in [0.2, 0.25) is 0 Å². The molecule has 2 rings (SSSR count). The number of rotatable bonds is 12. The minimum atomic E-state index is 0.517. The van der Waals surface area contributed by atoms with E-state index in [-0.39, 0.29) is 0 Å². The van der Waals surface area contributed by atoms with Crippen LogP contribution in [-0.4, -0.2) is 25.4 Å². The topological polar surface area (TPSA) is 18.5 Å². The quantitative estimate of drug-likeness (QED) is 0.288. The summed E-state index contributed by atoms with van der Waals surface area (Å²) in [5.74, 6) is 1.91. The highest BCUT2D eigenvalue weighted by Gasteiger charge is 2.31. The molecule has 2 heteroatoms. The van der Waals surface area contributed by atoms with E-state index in [2.05, 4.69) is 13.5 Å². The van der Waals surface area contributed by atoms with Crippen LogP contribution in [-0.2, 0) is 9.47 Å². The third kappa shape index (κ3) is 8.26. The van der Waals surface area contributed by atoms with Gasteiger partial charge in [-0.25, -0.2) is 0 Å². The molecule has 2 fully saturated rings. The third-order valence-corrected chi connectivity index (χ3v) is 6.38. The van der Waals surface area contributed by atoms with Crippen LogP contribution >= 0.6 is 0 Å². The van der Waals surface area contributed by atoms with E-state index in [1.807, 2.05) is 6.08 Å². The van der Waals surface area contributed by atoms with Crippen molar-refractivity contribution in [2.75, 3.05) is 13.2 Å². The number of hydrogen-bond acceptors (Lipinski definition) is 2. The lowest BCUT2D eigenvalue weighted by Gasteiger charge is -2.37. The van der Waals surface area contributed by atoms with Crippen LogP contribution in [0, 0.1) is 11.8 Å². The monoisotopic (exact) mass is 350 g/mol. The highest BCUT2D eigenvalue weighted by atomic mass is 16.5. The molecular weight excluding hydrogens is 308 g/mol. The van der Waals surface area contributed by atoms with E-state index < -0.39 is 0 Å². The van der Waals surface area contributed by atoms with Gasteiger partial charge in [-0.3, -0.25) is 0 Å². The van der Waals surface area contributed by atoms with E-state index in [0.29, 0.717) is 12.2 Å². The lowest BCUT2D eigenvalue weighted by atomic mass is 9.72. The van der Waals surface area contributed by atoms with E-state index in [1.165, 1.54) is 83.5 Å². The lowest BCUT2D eigenvalue weighted by molar-refractivity contribution is -0.0106. The molecule has 0 heterocycles. The van der Waals surface area contributed by atoms with Gasteiger partial charge in [0.05, 0.1) is 18.8 Å². The van der Waals surface area contributed by atoms with Crippen LogP contribution in [0.1, 0.15) is 96.8 Å². The molecule has 0 radical (unpaired) electrons. The average molecular weight is 351 g/mol. The molecule has 0 N–H and O–H groups in total. The van der Waals surface area contributed by atoms with Gasteiger partial charge in [0.1, 0.15) is 0 Å². The van der Waals surface area contributed by atoms with Gasteiger partial charge in [0.15, 0.2) is 0 Å². The average Bonchev–Trinajstić information content (AvgIpc) is 2.66. The Morgan fingerprint density at radius 3 is 1.76 bits per heavy atom. The molecule has 0 bridgehead atoms. The minimum Gasteiger partial charge on any atom is -0.378 e. The van der Waals surface area contributed by atoms with Gasteiger partial charge in [-0.2, -0.15) is 0 Å². The molecule has 0 aromatic carbocycles. The molecule has 2 saturated carbocycles. The second kappa shape index (κ2) is 12.9. The Morgan fingerprint density at radius 2 is 1.24 bits per heavy atom. The zero-order chi connectivity index (χ0) is 17.7. The molecule has 2 aliphatic rings. The van der Waals surface area contributed by atoms with Crippen LogP contribution in [0.5, 0.6) is 0 Å².